The van der Waals surface area contributed by atoms with Gasteiger partial charge in [-0.3, -0.25) is 4.79 Å². The highest BCUT2D eigenvalue weighted by molar-refractivity contribution is 6.31. The number of aryl methyl sites for hydroxylation is 1. The second kappa shape index (κ2) is 8.37. The number of hydrogen-bond acceptors (Lipinski definition) is 2. The number of nitrogens with one attached hydrogen (secondary N) is 1. The number of carbonyl (C=O) groups is 1. The summed E-state index contributed by atoms with van der Waals surface area (Å²) >= 11 is 6.41. The molecule has 0 atom stereocenters. The zero-order valence-electron chi connectivity index (χ0n) is 15.4. The first kappa shape index (κ1) is 20.0. The van der Waals surface area contributed by atoms with Gasteiger partial charge in [0, 0.05) is 30.1 Å². The van der Waals surface area contributed by atoms with Gasteiger partial charge in [0.05, 0.1) is 0 Å². The third kappa shape index (κ3) is 4.44. The zero-order chi connectivity index (χ0) is 19.4. The number of aromatic hydroxyl groups is 1. The molecule has 138 valence electrons. The average molecular weight is 376 g/mol. The first-order valence-corrected chi connectivity index (χ1v) is 8.81. The van der Waals surface area contributed by atoms with Gasteiger partial charge in [0.2, 0.25) is 5.91 Å². The van der Waals surface area contributed by atoms with Crippen LogP contribution in [0.1, 0.15) is 47.6 Å². The fourth-order valence-electron chi connectivity index (χ4n) is 2.88. The standard InChI is InChI=1S/C21H23ClFNO2/c1-12(2)20-18(25)7-6-15(21(20)23)11-16-13(3)9-14(10-17(16)22)5-8-19(26)24-4/h5-10,12,25H,11H2,1-4H3,(H,24,26)/b8-5+. The van der Waals surface area contributed by atoms with Crippen LogP contribution in [-0.4, -0.2) is 18.1 Å². The maximum absolute atomic E-state index is 14.8. The number of benzene rings is 2. The molecule has 0 spiro atoms. The molecule has 0 aliphatic carbocycles. The average Bonchev–Trinajstić information content (AvgIpc) is 2.57. The highest BCUT2D eigenvalue weighted by atomic mass is 35.5. The van der Waals surface area contributed by atoms with Crippen LogP contribution in [0.15, 0.2) is 30.3 Å². The minimum atomic E-state index is -0.390. The van der Waals surface area contributed by atoms with Crippen molar-refractivity contribution in [2.24, 2.45) is 0 Å². The minimum absolute atomic E-state index is 0.0289. The summed E-state index contributed by atoms with van der Waals surface area (Å²) in [5, 5.41) is 12.9. The van der Waals surface area contributed by atoms with Gasteiger partial charge in [-0.2, -0.15) is 0 Å². The van der Waals surface area contributed by atoms with E-state index in [0.29, 0.717) is 22.6 Å². The van der Waals surface area contributed by atoms with Gasteiger partial charge in [-0.05, 0) is 53.3 Å². The fraction of sp³-hybridized carbons (Fsp3) is 0.286. The molecule has 2 aromatic rings. The van der Waals surface area contributed by atoms with E-state index in [0.717, 1.165) is 16.7 Å². The monoisotopic (exact) mass is 375 g/mol. The van der Waals surface area contributed by atoms with Gasteiger partial charge in [0.1, 0.15) is 11.6 Å². The summed E-state index contributed by atoms with van der Waals surface area (Å²) in [6.45, 7) is 5.58. The van der Waals surface area contributed by atoms with Crippen molar-refractivity contribution < 1.29 is 14.3 Å². The molecular formula is C21H23ClFNO2. The van der Waals surface area contributed by atoms with E-state index in [9.17, 15) is 14.3 Å². The molecule has 5 heteroatoms. The van der Waals surface area contributed by atoms with Crippen LogP contribution in [-0.2, 0) is 11.2 Å². The van der Waals surface area contributed by atoms with Crippen LogP contribution in [0.3, 0.4) is 0 Å². The lowest BCUT2D eigenvalue weighted by atomic mass is 9.93. The van der Waals surface area contributed by atoms with E-state index in [-0.39, 0.29) is 23.4 Å². The summed E-state index contributed by atoms with van der Waals surface area (Å²) in [5.74, 6) is -0.739. The van der Waals surface area contributed by atoms with Crippen LogP contribution in [0.4, 0.5) is 4.39 Å². The zero-order valence-corrected chi connectivity index (χ0v) is 16.1. The number of rotatable bonds is 5. The molecule has 0 heterocycles. The fourth-order valence-corrected chi connectivity index (χ4v) is 3.22. The summed E-state index contributed by atoms with van der Waals surface area (Å²) in [6, 6.07) is 6.77. The summed E-state index contributed by atoms with van der Waals surface area (Å²) in [4.78, 5) is 11.3. The Bertz CT molecular complexity index is 836. The Labute approximate surface area is 158 Å². The Morgan fingerprint density at radius 3 is 2.62 bits per heavy atom. The second-order valence-electron chi connectivity index (χ2n) is 6.55. The lowest BCUT2D eigenvalue weighted by Gasteiger charge is -2.15. The Balaban J connectivity index is 2.38. The van der Waals surface area contributed by atoms with Crippen molar-refractivity contribution in [1.29, 1.82) is 0 Å². The molecule has 0 radical (unpaired) electrons. The highest BCUT2D eigenvalue weighted by Gasteiger charge is 2.17. The molecule has 0 saturated heterocycles. The van der Waals surface area contributed by atoms with Gasteiger partial charge >= 0.3 is 0 Å². The van der Waals surface area contributed by atoms with E-state index in [1.54, 1.807) is 25.3 Å². The summed E-state index contributed by atoms with van der Waals surface area (Å²) < 4.78 is 14.8. The van der Waals surface area contributed by atoms with Crippen LogP contribution < -0.4 is 5.32 Å². The van der Waals surface area contributed by atoms with Crippen molar-refractivity contribution in [3.8, 4) is 5.75 Å². The van der Waals surface area contributed by atoms with Crippen molar-refractivity contribution in [1.82, 2.24) is 5.32 Å². The third-order valence-electron chi connectivity index (χ3n) is 4.30. The van der Waals surface area contributed by atoms with Crippen LogP contribution in [0.25, 0.3) is 6.08 Å². The molecule has 2 N–H and O–H groups in total. The molecule has 0 aliphatic rings. The maximum Gasteiger partial charge on any atom is 0.243 e. The summed E-state index contributed by atoms with van der Waals surface area (Å²) in [5.41, 5.74) is 3.34. The first-order valence-electron chi connectivity index (χ1n) is 8.43. The molecule has 3 nitrogen and oxygen atoms in total. The number of likely N-dealkylation sites (N-methyl/N-ethyl adjacent to an activating group) is 1. The Kier molecular flexibility index (Phi) is 6.43. The molecule has 0 fully saturated rings. The normalized spacial score (nSPS) is 11.3. The van der Waals surface area contributed by atoms with E-state index in [1.165, 1.54) is 12.1 Å². The predicted octanol–water partition coefficient (Wildman–Crippen LogP) is 4.97. The van der Waals surface area contributed by atoms with Crippen LogP contribution in [0.2, 0.25) is 5.02 Å². The predicted molar refractivity (Wildman–Crippen MR) is 104 cm³/mol. The second-order valence-corrected chi connectivity index (χ2v) is 6.96. The smallest absolute Gasteiger partial charge is 0.243 e. The van der Waals surface area contributed by atoms with Gasteiger partial charge in [-0.25, -0.2) is 4.39 Å². The quantitative estimate of drug-likeness (QED) is 0.725. The molecule has 1 amide bonds. The molecule has 0 unspecified atom stereocenters. The topological polar surface area (TPSA) is 49.3 Å². The van der Waals surface area contributed by atoms with Crippen molar-refractivity contribution in [2.45, 2.75) is 33.1 Å². The molecule has 26 heavy (non-hydrogen) atoms. The largest absolute Gasteiger partial charge is 0.508 e. The van der Waals surface area contributed by atoms with Gasteiger partial charge in [0.15, 0.2) is 0 Å². The van der Waals surface area contributed by atoms with Crippen molar-refractivity contribution >= 4 is 23.6 Å². The Morgan fingerprint density at radius 2 is 2.04 bits per heavy atom. The molecule has 0 aliphatic heterocycles. The van der Waals surface area contributed by atoms with Crippen molar-refractivity contribution in [2.75, 3.05) is 7.05 Å². The van der Waals surface area contributed by atoms with Crippen LogP contribution >= 0.6 is 11.6 Å². The van der Waals surface area contributed by atoms with Crippen molar-refractivity contribution in [3.63, 3.8) is 0 Å². The summed E-state index contributed by atoms with van der Waals surface area (Å²) in [7, 11) is 1.56. The molecular weight excluding hydrogens is 353 g/mol. The SMILES string of the molecule is CNC(=O)/C=C/c1cc(C)c(Cc2ccc(O)c(C(C)C)c2F)c(Cl)c1. The van der Waals surface area contributed by atoms with Gasteiger partial charge in [-0.1, -0.05) is 37.6 Å². The molecule has 2 rings (SSSR count). The van der Waals surface area contributed by atoms with E-state index in [4.69, 9.17) is 11.6 Å². The van der Waals surface area contributed by atoms with E-state index < -0.39 is 0 Å². The number of carbonyl (C=O) groups excluding carboxylic acids is 1. The Hall–Kier alpha value is -2.33. The van der Waals surface area contributed by atoms with E-state index in [2.05, 4.69) is 5.32 Å². The number of phenolic OH excluding ortho intramolecular Hbond substituents is 1. The summed E-state index contributed by atoms with van der Waals surface area (Å²) in [6.07, 6.45) is 3.44. The van der Waals surface area contributed by atoms with Gasteiger partial charge in [-0.15, -0.1) is 0 Å². The van der Waals surface area contributed by atoms with Gasteiger partial charge in [0.25, 0.3) is 0 Å². The Morgan fingerprint density at radius 1 is 1.35 bits per heavy atom. The lowest BCUT2D eigenvalue weighted by Crippen LogP contribution is -2.13. The number of hydrogen-bond donors (Lipinski definition) is 2. The number of halogens is 2. The third-order valence-corrected chi connectivity index (χ3v) is 4.63. The van der Waals surface area contributed by atoms with Crippen LogP contribution in [0, 0.1) is 12.7 Å². The van der Waals surface area contributed by atoms with E-state index in [1.807, 2.05) is 26.8 Å². The van der Waals surface area contributed by atoms with Crippen LogP contribution in [0.5, 0.6) is 5.75 Å². The maximum atomic E-state index is 14.8. The van der Waals surface area contributed by atoms with Crippen molar-refractivity contribution in [3.05, 3.63) is 69.0 Å². The minimum Gasteiger partial charge on any atom is -0.508 e. The number of amides is 1. The number of phenols is 1. The molecule has 0 saturated carbocycles. The van der Waals surface area contributed by atoms with Gasteiger partial charge < -0.3 is 10.4 Å². The first-order chi connectivity index (χ1) is 12.2. The lowest BCUT2D eigenvalue weighted by molar-refractivity contribution is -0.115. The molecule has 0 bridgehead atoms. The highest BCUT2D eigenvalue weighted by Crippen LogP contribution is 2.33. The molecule has 2 aromatic carbocycles. The van der Waals surface area contributed by atoms with E-state index >= 15 is 0 Å². The molecule has 0 aromatic heterocycles.